The predicted octanol–water partition coefficient (Wildman–Crippen LogP) is 0.947. The van der Waals surface area contributed by atoms with Gasteiger partial charge in [-0.25, -0.2) is 0 Å². The van der Waals surface area contributed by atoms with Gasteiger partial charge in [-0.3, -0.25) is 4.79 Å². The van der Waals surface area contributed by atoms with Crippen LogP contribution in [0.3, 0.4) is 0 Å². The fraction of sp³-hybridized carbons (Fsp3) is 0.900. The second-order valence-corrected chi connectivity index (χ2v) is 3.81. The number of hydrogen-bond donors (Lipinski definition) is 0. The van der Waals surface area contributed by atoms with E-state index in [2.05, 4.69) is 0 Å². The number of carbonyl (C=O) groups is 1. The van der Waals surface area contributed by atoms with E-state index >= 15 is 0 Å². The zero-order chi connectivity index (χ0) is 10.1. The van der Waals surface area contributed by atoms with E-state index in [-0.39, 0.29) is 30.2 Å². The number of ether oxygens (including phenoxy) is 3. The quantitative estimate of drug-likeness (QED) is 0.622. The predicted molar refractivity (Wildman–Crippen MR) is 48.5 cm³/mol. The van der Waals surface area contributed by atoms with E-state index < -0.39 is 0 Å². The first-order valence-electron chi connectivity index (χ1n) is 5.17. The summed E-state index contributed by atoms with van der Waals surface area (Å²) in [6.07, 6.45) is 0.641. The smallest absolute Gasteiger partial charge is 0.312 e. The molecule has 0 N–H and O–H groups in total. The third-order valence-corrected chi connectivity index (χ3v) is 2.96. The van der Waals surface area contributed by atoms with Crippen LogP contribution in [0.25, 0.3) is 0 Å². The van der Waals surface area contributed by atoms with Crippen LogP contribution in [0.1, 0.15) is 20.3 Å². The van der Waals surface area contributed by atoms with Crippen LogP contribution >= 0.6 is 0 Å². The molecule has 2 fully saturated rings. The molecular weight excluding hydrogens is 184 g/mol. The monoisotopic (exact) mass is 200 g/mol. The third kappa shape index (κ3) is 1.53. The zero-order valence-electron chi connectivity index (χ0n) is 8.56. The molecule has 0 aliphatic carbocycles. The van der Waals surface area contributed by atoms with E-state index in [1.807, 2.05) is 13.8 Å². The lowest BCUT2D eigenvalue weighted by Gasteiger charge is -2.16. The van der Waals surface area contributed by atoms with Gasteiger partial charge in [0.1, 0.15) is 0 Å². The fourth-order valence-electron chi connectivity index (χ4n) is 2.32. The fourth-order valence-corrected chi connectivity index (χ4v) is 2.32. The molecule has 0 saturated carbocycles. The van der Waals surface area contributed by atoms with Crippen molar-refractivity contribution in [2.45, 2.75) is 32.7 Å². The zero-order valence-corrected chi connectivity index (χ0v) is 8.56. The summed E-state index contributed by atoms with van der Waals surface area (Å²) in [5, 5.41) is 0. The van der Waals surface area contributed by atoms with Crippen LogP contribution in [-0.4, -0.2) is 31.6 Å². The molecule has 4 heteroatoms. The normalized spacial score (nSPS) is 41.0. The van der Waals surface area contributed by atoms with Gasteiger partial charge in [-0.1, -0.05) is 0 Å². The third-order valence-electron chi connectivity index (χ3n) is 2.96. The van der Waals surface area contributed by atoms with Crippen LogP contribution in [0.15, 0.2) is 0 Å². The highest BCUT2D eigenvalue weighted by atomic mass is 16.7. The summed E-state index contributed by atoms with van der Waals surface area (Å²) < 4.78 is 15.9. The average Bonchev–Trinajstić information content (AvgIpc) is 2.63. The molecule has 0 amide bonds. The first-order valence-corrected chi connectivity index (χ1v) is 5.17. The van der Waals surface area contributed by atoms with E-state index in [0.29, 0.717) is 13.2 Å². The van der Waals surface area contributed by atoms with Gasteiger partial charge in [0.2, 0.25) is 0 Å². The summed E-state index contributed by atoms with van der Waals surface area (Å²) in [4.78, 5) is 11.6. The van der Waals surface area contributed by atoms with Gasteiger partial charge in [0.25, 0.3) is 0 Å². The largest absolute Gasteiger partial charge is 0.466 e. The molecule has 80 valence electrons. The summed E-state index contributed by atoms with van der Waals surface area (Å²) in [5.41, 5.74) is 0. The molecule has 2 saturated heterocycles. The average molecular weight is 200 g/mol. The molecule has 2 rings (SSSR count). The SMILES string of the molecule is CCOC(=O)[C@H]1[C@H]2CCO[C@H]2O[C@@H]1C. The molecule has 0 aromatic carbocycles. The molecule has 0 spiro atoms. The first kappa shape index (κ1) is 9.93. The number of fused-ring (bicyclic) bond motifs is 1. The van der Waals surface area contributed by atoms with Crippen molar-refractivity contribution in [1.29, 1.82) is 0 Å². The molecule has 0 radical (unpaired) electrons. The first-order chi connectivity index (χ1) is 6.74. The Morgan fingerprint density at radius 1 is 1.57 bits per heavy atom. The van der Waals surface area contributed by atoms with Crippen LogP contribution in [0, 0.1) is 11.8 Å². The van der Waals surface area contributed by atoms with Gasteiger partial charge in [-0.05, 0) is 20.3 Å². The van der Waals surface area contributed by atoms with Crippen molar-refractivity contribution >= 4 is 5.97 Å². The van der Waals surface area contributed by atoms with Gasteiger partial charge >= 0.3 is 5.97 Å². The molecule has 0 aromatic rings. The van der Waals surface area contributed by atoms with Gasteiger partial charge in [0, 0.05) is 5.92 Å². The Labute approximate surface area is 83.5 Å². The minimum absolute atomic E-state index is 0.0793. The molecule has 0 bridgehead atoms. The minimum atomic E-state index is -0.181. The Hall–Kier alpha value is -0.610. The molecule has 4 nitrogen and oxygen atoms in total. The maximum absolute atomic E-state index is 11.6. The summed E-state index contributed by atoms with van der Waals surface area (Å²) >= 11 is 0. The topological polar surface area (TPSA) is 44.8 Å². The molecule has 0 unspecified atom stereocenters. The van der Waals surface area contributed by atoms with Gasteiger partial charge in [0.15, 0.2) is 6.29 Å². The van der Waals surface area contributed by atoms with Crippen LogP contribution in [0.4, 0.5) is 0 Å². The number of carbonyl (C=O) groups excluding carboxylic acids is 1. The van der Waals surface area contributed by atoms with Gasteiger partial charge in [-0.15, -0.1) is 0 Å². The summed E-state index contributed by atoms with van der Waals surface area (Å²) in [7, 11) is 0. The van der Waals surface area contributed by atoms with Crippen molar-refractivity contribution in [3.05, 3.63) is 0 Å². The van der Waals surface area contributed by atoms with Crippen LogP contribution in [0.2, 0.25) is 0 Å². The van der Waals surface area contributed by atoms with Crippen LogP contribution < -0.4 is 0 Å². The summed E-state index contributed by atoms with van der Waals surface area (Å²) in [5.74, 6) is -0.0792. The lowest BCUT2D eigenvalue weighted by molar-refractivity contribution is -0.151. The molecule has 4 atom stereocenters. The highest BCUT2D eigenvalue weighted by Crippen LogP contribution is 2.40. The van der Waals surface area contributed by atoms with Crippen LogP contribution in [-0.2, 0) is 19.0 Å². The van der Waals surface area contributed by atoms with Crippen molar-refractivity contribution in [2.24, 2.45) is 11.8 Å². The van der Waals surface area contributed by atoms with Gasteiger partial charge < -0.3 is 14.2 Å². The molecule has 0 aromatic heterocycles. The van der Waals surface area contributed by atoms with E-state index in [1.165, 1.54) is 0 Å². The second-order valence-electron chi connectivity index (χ2n) is 3.81. The Morgan fingerprint density at radius 3 is 3.07 bits per heavy atom. The number of esters is 1. The van der Waals surface area contributed by atoms with Crippen molar-refractivity contribution in [3.8, 4) is 0 Å². The Bertz CT molecular complexity index is 228. The van der Waals surface area contributed by atoms with E-state index in [4.69, 9.17) is 14.2 Å². The summed E-state index contributed by atoms with van der Waals surface area (Å²) in [6.45, 7) is 4.85. The molecule has 2 aliphatic heterocycles. The Morgan fingerprint density at radius 2 is 2.36 bits per heavy atom. The molecular formula is C10H16O4. The van der Waals surface area contributed by atoms with Gasteiger partial charge in [0.05, 0.1) is 25.2 Å². The lowest BCUT2D eigenvalue weighted by Crippen LogP contribution is -2.29. The molecule has 2 aliphatic rings. The van der Waals surface area contributed by atoms with Crippen molar-refractivity contribution in [3.63, 3.8) is 0 Å². The minimum Gasteiger partial charge on any atom is -0.466 e. The highest BCUT2D eigenvalue weighted by molar-refractivity contribution is 5.74. The van der Waals surface area contributed by atoms with Gasteiger partial charge in [-0.2, -0.15) is 0 Å². The Kier molecular flexibility index (Phi) is 2.74. The molecule has 2 heterocycles. The summed E-state index contributed by atoms with van der Waals surface area (Å²) in [6, 6.07) is 0. The van der Waals surface area contributed by atoms with Crippen LogP contribution in [0.5, 0.6) is 0 Å². The number of hydrogen-bond acceptors (Lipinski definition) is 4. The number of rotatable bonds is 2. The second kappa shape index (κ2) is 3.87. The van der Waals surface area contributed by atoms with E-state index in [1.54, 1.807) is 0 Å². The maximum Gasteiger partial charge on any atom is 0.312 e. The van der Waals surface area contributed by atoms with E-state index in [9.17, 15) is 4.79 Å². The molecule has 14 heavy (non-hydrogen) atoms. The highest BCUT2D eigenvalue weighted by Gasteiger charge is 2.50. The lowest BCUT2D eigenvalue weighted by atomic mass is 9.89. The van der Waals surface area contributed by atoms with Crippen molar-refractivity contribution in [1.82, 2.24) is 0 Å². The van der Waals surface area contributed by atoms with Crippen molar-refractivity contribution in [2.75, 3.05) is 13.2 Å². The maximum atomic E-state index is 11.6. The van der Waals surface area contributed by atoms with Crippen molar-refractivity contribution < 1.29 is 19.0 Å². The Balaban J connectivity index is 2.05. The standard InChI is InChI=1S/C10H16O4/c1-3-12-9(11)8-6(2)14-10-7(8)4-5-13-10/h6-8,10H,3-5H2,1-2H3/t6-,7-,8-,10+/m1/s1. The van der Waals surface area contributed by atoms with E-state index in [0.717, 1.165) is 6.42 Å².